The maximum atomic E-state index is 14.0. The zero-order valence-electron chi connectivity index (χ0n) is 15.2. The van der Waals surface area contributed by atoms with E-state index in [0.29, 0.717) is 18.7 Å². The number of hydrogen-bond donors (Lipinski definition) is 1. The van der Waals surface area contributed by atoms with Gasteiger partial charge in [-0.25, -0.2) is 9.37 Å². The minimum absolute atomic E-state index is 0.0157. The first-order chi connectivity index (χ1) is 13.6. The number of amides is 1. The summed E-state index contributed by atoms with van der Waals surface area (Å²) in [6.07, 6.45) is -2.86. The molecule has 3 fully saturated rings. The van der Waals surface area contributed by atoms with Gasteiger partial charge in [0.2, 0.25) is 11.9 Å². The summed E-state index contributed by atoms with van der Waals surface area (Å²) in [5.41, 5.74) is -0.558. The van der Waals surface area contributed by atoms with Gasteiger partial charge in [-0.05, 0) is 37.2 Å². The average molecular weight is 412 g/mol. The molecule has 3 aliphatic carbocycles. The SMILES string of the molecule is O=C(N[C@@H]1CCn2nc(-c3cc(F)ncc3F)cc21)C12CC(CC(F)(F)F)(C1)C2. The second-order valence-electron chi connectivity index (χ2n) is 8.58. The van der Waals surface area contributed by atoms with Crippen LogP contribution in [0.1, 0.15) is 43.8 Å². The Morgan fingerprint density at radius 2 is 1.97 bits per heavy atom. The van der Waals surface area contributed by atoms with E-state index in [1.165, 1.54) is 0 Å². The van der Waals surface area contributed by atoms with E-state index < -0.39 is 35.2 Å². The van der Waals surface area contributed by atoms with Crippen molar-refractivity contribution in [3.05, 3.63) is 35.8 Å². The molecule has 2 bridgehead atoms. The molecule has 1 aliphatic heterocycles. The molecule has 29 heavy (non-hydrogen) atoms. The highest BCUT2D eigenvalue weighted by atomic mass is 19.4. The molecule has 3 saturated carbocycles. The second kappa shape index (κ2) is 5.76. The molecule has 154 valence electrons. The third kappa shape index (κ3) is 2.91. The predicted molar refractivity (Wildman–Crippen MR) is 90.3 cm³/mol. The molecule has 2 aromatic rings. The summed E-state index contributed by atoms with van der Waals surface area (Å²) >= 11 is 0. The molecule has 4 aliphatic rings. The van der Waals surface area contributed by atoms with Crippen LogP contribution in [-0.4, -0.2) is 26.8 Å². The molecule has 10 heteroatoms. The number of aromatic nitrogens is 3. The van der Waals surface area contributed by atoms with Crippen LogP contribution in [0.25, 0.3) is 11.3 Å². The minimum atomic E-state index is -4.21. The molecule has 1 atom stereocenters. The topological polar surface area (TPSA) is 59.8 Å². The van der Waals surface area contributed by atoms with Crippen molar-refractivity contribution in [1.29, 1.82) is 0 Å². The van der Waals surface area contributed by atoms with E-state index in [2.05, 4.69) is 15.4 Å². The van der Waals surface area contributed by atoms with Gasteiger partial charge in [0.25, 0.3) is 0 Å². The Kier molecular flexibility index (Phi) is 3.68. The maximum absolute atomic E-state index is 14.0. The van der Waals surface area contributed by atoms with Crippen molar-refractivity contribution in [2.45, 2.75) is 50.9 Å². The Morgan fingerprint density at radius 1 is 1.24 bits per heavy atom. The smallest absolute Gasteiger partial charge is 0.347 e. The fourth-order valence-electron chi connectivity index (χ4n) is 5.34. The van der Waals surface area contributed by atoms with E-state index in [1.54, 1.807) is 10.7 Å². The van der Waals surface area contributed by atoms with Gasteiger partial charge < -0.3 is 5.32 Å². The van der Waals surface area contributed by atoms with Gasteiger partial charge in [0.15, 0.2) is 5.82 Å². The number of carbonyl (C=O) groups excluding carboxylic acids is 1. The van der Waals surface area contributed by atoms with Crippen molar-refractivity contribution in [3.8, 4) is 11.3 Å². The Hall–Kier alpha value is -2.52. The largest absolute Gasteiger partial charge is 0.389 e. The van der Waals surface area contributed by atoms with E-state index in [0.717, 1.165) is 12.3 Å². The lowest BCUT2D eigenvalue weighted by atomic mass is 9.34. The summed E-state index contributed by atoms with van der Waals surface area (Å²) in [7, 11) is 0. The molecule has 6 rings (SSSR count). The van der Waals surface area contributed by atoms with Crippen molar-refractivity contribution in [1.82, 2.24) is 20.1 Å². The summed E-state index contributed by atoms with van der Waals surface area (Å²) in [5, 5.41) is 7.21. The molecule has 0 aromatic carbocycles. The summed E-state index contributed by atoms with van der Waals surface area (Å²) < 4.78 is 66.9. The van der Waals surface area contributed by atoms with Crippen molar-refractivity contribution in [2.75, 3.05) is 0 Å². The summed E-state index contributed by atoms with van der Waals surface area (Å²) in [4.78, 5) is 15.9. The third-order valence-corrected chi connectivity index (χ3v) is 6.40. The second-order valence-corrected chi connectivity index (χ2v) is 8.58. The first kappa shape index (κ1) is 18.5. The zero-order valence-corrected chi connectivity index (χ0v) is 15.2. The standard InChI is InChI=1S/C19H17F5N4O/c20-11-5-25-15(21)3-10(11)13-4-14-12(1-2-28(14)27-13)26-16(29)18-6-17(7-18,8-18)9-19(22,23)24/h3-5,12H,1-2,6-9H2,(H,26,29)/t12-,17?,18?/m1/s1. The van der Waals surface area contributed by atoms with Crippen LogP contribution in [0.4, 0.5) is 22.0 Å². The summed E-state index contributed by atoms with van der Waals surface area (Å²) in [6.45, 7) is 0.500. The number of nitrogens with one attached hydrogen (secondary N) is 1. The van der Waals surface area contributed by atoms with Crippen LogP contribution in [0.3, 0.4) is 0 Å². The lowest BCUT2D eigenvalue weighted by Gasteiger charge is -2.69. The Balaban J connectivity index is 1.28. The minimum Gasteiger partial charge on any atom is -0.347 e. The molecule has 1 N–H and O–H groups in total. The lowest BCUT2D eigenvalue weighted by molar-refractivity contribution is -0.258. The number of nitrogens with zero attached hydrogens (tertiary/aromatic N) is 3. The van der Waals surface area contributed by atoms with Gasteiger partial charge in [-0.2, -0.15) is 22.7 Å². The van der Waals surface area contributed by atoms with Crippen LogP contribution in [0.15, 0.2) is 18.3 Å². The number of halogens is 5. The van der Waals surface area contributed by atoms with Gasteiger partial charge in [-0.3, -0.25) is 9.48 Å². The van der Waals surface area contributed by atoms with Gasteiger partial charge in [0.1, 0.15) is 0 Å². The number of rotatable bonds is 4. The number of alkyl halides is 3. The highest BCUT2D eigenvalue weighted by molar-refractivity contribution is 5.86. The van der Waals surface area contributed by atoms with Crippen LogP contribution in [0.2, 0.25) is 0 Å². The van der Waals surface area contributed by atoms with Crippen molar-refractivity contribution >= 4 is 5.91 Å². The summed E-state index contributed by atoms with van der Waals surface area (Å²) in [5.74, 6) is -1.76. The van der Waals surface area contributed by atoms with E-state index in [1.807, 2.05) is 0 Å². The molecule has 0 unspecified atom stereocenters. The number of pyridine rings is 1. The quantitative estimate of drug-likeness (QED) is 0.612. The molecule has 0 saturated heterocycles. The first-order valence-corrected chi connectivity index (χ1v) is 9.35. The molecular weight excluding hydrogens is 395 g/mol. The van der Waals surface area contributed by atoms with Gasteiger partial charge >= 0.3 is 6.18 Å². The highest BCUT2D eigenvalue weighted by Gasteiger charge is 2.73. The van der Waals surface area contributed by atoms with Crippen molar-refractivity contribution < 1.29 is 26.7 Å². The Labute approximate surface area is 162 Å². The zero-order chi connectivity index (χ0) is 20.6. The number of carbonyl (C=O) groups is 1. The molecular formula is C19H17F5N4O. The number of fused-ring (bicyclic) bond motifs is 1. The highest BCUT2D eigenvalue weighted by Crippen LogP contribution is 2.76. The van der Waals surface area contributed by atoms with Crippen LogP contribution in [0, 0.1) is 22.6 Å². The van der Waals surface area contributed by atoms with E-state index in [4.69, 9.17) is 0 Å². The van der Waals surface area contributed by atoms with Crippen LogP contribution in [0.5, 0.6) is 0 Å². The first-order valence-electron chi connectivity index (χ1n) is 9.35. The van der Waals surface area contributed by atoms with Crippen molar-refractivity contribution in [3.63, 3.8) is 0 Å². The summed E-state index contributed by atoms with van der Waals surface area (Å²) in [6, 6.07) is 2.21. The molecule has 0 spiro atoms. The van der Waals surface area contributed by atoms with Crippen LogP contribution < -0.4 is 5.32 Å². The number of aryl methyl sites for hydroxylation is 1. The molecule has 2 aromatic heterocycles. The van der Waals surface area contributed by atoms with E-state index >= 15 is 0 Å². The lowest BCUT2D eigenvalue weighted by Crippen LogP contribution is -2.68. The van der Waals surface area contributed by atoms with Crippen LogP contribution >= 0.6 is 0 Å². The van der Waals surface area contributed by atoms with Gasteiger partial charge in [-0.15, -0.1) is 0 Å². The average Bonchev–Trinajstić information content (AvgIpc) is 3.13. The van der Waals surface area contributed by atoms with Gasteiger partial charge in [-0.1, -0.05) is 0 Å². The predicted octanol–water partition coefficient (Wildman–Crippen LogP) is 3.91. The van der Waals surface area contributed by atoms with E-state index in [9.17, 15) is 26.7 Å². The fraction of sp³-hybridized carbons (Fsp3) is 0.526. The van der Waals surface area contributed by atoms with Crippen LogP contribution in [-0.2, 0) is 11.3 Å². The molecule has 1 amide bonds. The third-order valence-electron chi connectivity index (χ3n) is 6.40. The van der Waals surface area contributed by atoms with Gasteiger partial charge in [0, 0.05) is 24.6 Å². The number of hydrogen-bond acceptors (Lipinski definition) is 3. The normalized spacial score (nSPS) is 29.8. The molecule has 0 radical (unpaired) electrons. The molecule has 5 nitrogen and oxygen atoms in total. The molecule has 3 heterocycles. The van der Waals surface area contributed by atoms with Crippen molar-refractivity contribution in [2.24, 2.45) is 10.8 Å². The fourth-order valence-corrected chi connectivity index (χ4v) is 5.34. The maximum Gasteiger partial charge on any atom is 0.389 e. The Morgan fingerprint density at radius 3 is 2.66 bits per heavy atom. The van der Waals surface area contributed by atoms with E-state index in [-0.39, 0.29) is 42.5 Å². The Bertz CT molecular complexity index is 995. The van der Waals surface area contributed by atoms with Gasteiger partial charge in [0.05, 0.1) is 29.0 Å². The monoisotopic (exact) mass is 412 g/mol.